The van der Waals surface area contributed by atoms with Gasteiger partial charge in [0, 0.05) is 18.0 Å². The minimum absolute atomic E-state index is 0.122. The predicted molar refractivity (Wildman–Crippen MR) is 140 cm³/mol. The van der Waals surface area contributed by atoms with E-state index in [4.69, 9.17) is 19.7 Å². The number of nitrogens with zero attached hydrogens (tertiary/aromatic N) is 4. The Morgan fingerprint density at radius 3 is 2.48 bits per heavy atom. The van der Waals surface area contributed by atoms with Crippen molar-refractivity contribution < 1.29 is 67.6 Å². The lowest BCUT2D eigenvalue weighted by Gasteiger charge is -2.30. The Morgan fingerprint density at radius 2 is 1.80 bits per heavy atom. The van der Waals surface area contributed by atoms with Gasteiger partial charge in [-0.05, 0) is 6.42 Å². The van der Waals surface area contributed by atoms with Gasteiger partial charge in [-0.1, -0.05) is 6.08 Å². The van der Waals surface area contributed by atoms with E-state index in [1.54, 1.807) is 0 Å². The van der Waals surface area contributed by atoms with E-state index in [-0.39, 0.29) is 23.2 Å². The van der Waals surface area contributed by atoms with Crippen molar-refractivity contribution in [2.45, 2.75) is 61.3 Å². The van der Waals surface area contributed by atoms with Crippen molar-refractivity contribution in [3.05, 3.63) is 47.1 Å². The van der Waals surface area contributed by atoms with Crippen molar-refractivity contribution in [3.8, 4) is 0 Å². The number of aliphatic hydroxyl groups excluding tert-OH is 4. The number of carbonyl (C=O) groups is 1. The Bertz CT molecular complexity index is 1620. The molecule has 44 heavy (non-hydrogen) atoms. The number of ether oxygens (including phenoxy) is 2. The molecule has 3 aliphatic rings. The minimum atomic E-state index is -5.60. The van der Waals surface area contributed by atoms with Crippen LogP contribution in [0.25, 0.3) is 11.2 Å². The van der Waals surface area contributed by atoms with Crippen molar-refractivity contribution in [3.63, 3.8) is 0 Å². The van der Waals surface area contributed by atoms with Gasteiger partial charge < -0.3 is 64.7 Å². The summed E-state index contributed by atoms with van der Waals surface area (Å²) in [6.07, 6.45) is -7.45. The molecule has 0 radical (unpaired) electrons. The highest BCUT2D eigenvalue weighted by Crippen LogP contribution is 2.58. The number of imidazole rings is 1. The Kier molecular flexibility index (Phi) is 8.97. The van der Waals surface area contributed by atoms with Crippen molar-refractivity contribution in [2.24, 2.45) is 5.73 Å². The monoisotopic (exact) mass is 666 g/mol. The number of phosphoric acid groups is 1. The molecule has 2 aromatic rings. The highest BCUT2D eigenvalue weighted by atomic mass is 31.2. The maximum absolute atomic E-state index is 13.4. The van der Waals surface area contributed by atoms with E-state index in [0.29, 0.717) is 0 Å². The Balaban J connectivity index is 1.35. The zero-order valence-electron chi connectivity index (χ0n) is 22.2. The summed E-state index contributed by atoms with van der Waals surface area (Å²) < 4.78 is 46.8. The number of hydrogen-bond acceptors (Lipinski definition) is 15. The molecule has 3 aliphatic heterocycles. The van der Waals surface area contributed by atoms with Gasteiger partial charge in [-0.15, -0.1) is 0 Å². The second kappa shape index (κ2) is 12.1. The smallest absolute Gasteiger partial charge is 0.387 e. The van der Waals surface area contributed by atoms with Crippen LogP contribution in [0.5, 0.6) is 0 Å². The van der Waals surface area contributed by atoms with Crippen molar-refractivity contribution in [1.82, 2.24) is 24.4 Å². The molecule has 1 amide bonds. The van der Waals surface area contributed by atoms with Gasteiger partial charge in [-0.3, -0.25) is 23.2 Å². The fourth-order valence-electron chi connectivity index (χ4n) is 4.91. The number of nitrogens with two attached hydrogens (primary N) is 1. The van der Waals surface area contributed by atoms with E-state index in [0.717, 1.165) is 17.2 Å². The average Bonchev–Trinajstić information content (AvgIpc) is 3.60. The van der Waals surface area contributed by atoms with Crippen molar-refractivity contribution in [2.75, 3.05) is 6.61 Å². The molecular weight excluding hydrogens is 638 g/mol. The number of amides is 1. The molecule has 10 N–H and O–H groups in total. The molecule has 0 aliphatic carbocycles. The van der Waals surface area contributed by atoms with Gasteiger partial charge in [-0.25, -0.2) is 14.5 Å². The molecule has 5 rings (SSSR count). The second-order valence-electron chi connectivity index (χ2n) is 9.98. The van der Waals surface area contributed by atoms with E-state index in [2.05, 4.69) is 19.5 Å². The summed E-state index contributed by atoms with van der Waals surface area (Å²) in [6.45, 7) is -0.957. The van der Waals surface area contributed by atoms with Crippen LogP contribution in [0.3, 0.4) is 0 Å². The molecule has 0 aromatic carbocycles. The van der Waals surface area contributed by atoms with Crippen LogP contribution in [0, 0.1) is 0 Å². The number of carbonyl (C=O) groups excluding carboxylic acids is 1. The second-order valence-corrected chi connectivity index (χ2v) is 13.1. The zero-order valence-corrected chi connectivity index (χ0v) is 23.9. The first kappa shape index (κ1) is 32.5. The van der Waals surface area contributed by atoms with Crippen LogP contribution >= 0.6 is 15.4 Å². The minimum Gasteiger partial charge on any atom is -0.387 e. The van der Waals surface area contributed by atoms with Gasteiger partial charge >= 0.3 is 15.4 Å². The van der Waals surface area contributed by atoms with Gasteiger partial charge in [0.25, 0.3) is 5.56 Å². The molecule has 242 valence electrons. The SMILES string of the molecule is NC(=O)C1=CN([C@@H]2O[C@H](COP(=O)(O)C(OP(=O)(O)O)[C@@H]3O[C@@H](n4cnc5c(=O)[nH]cnc54)[C@H](O)[C@@H]3O)[C@@H](O)[C@H]2O)C=CC1. The largest absolute Gasteiger partial charge is 0.470 e. The lowest BCUT2D eigenvalue weighted by molar-refractivity contribution is -0.114. The summed E-state index contributed by atoms with van der Waals surface area (Å²) >= 11 is 0. The van der Waals surface area contributed by atoms with Gasteiger partial charge in [0.1, 0.15) is 36.6 Å². The summed E-state index contributed by atoms with van der Waals surface area (Å²) in [6, 6.07) is 0. The molecule has 0 spiro atoms. The van der Waals surface area contributed by atoms with Gasteiger partial charge in [0.15, 0.2) is 29.5 Å². The number of nitrogens with one attached hydrogen (secondary N) is 1. The molecule has 0 bridgehead atoms. The Labute approximate surface area is 245 Å². The Morgan fingerprint density at radius 1 is 1.09 bits per heavy atom. The van der Waals surface area contributed by atoms with Crippen LogP contribution in [-0.2, 0) is 32.4 Å². The van der Waals surface area contributed by atoms with E-state index in [9.17, 15) is 53.8 Å². The molecule has 2 unspecified atom stereocenters. The first-order chi connectivity index (χ1) is 20.6. The van der Waals surface area contributed by atoms with Gasteiger partial charge in [-0.2, -0.15) is 0 Å². The van der Waals surface area contributed by atoms with Crippen molar-refractivity contribution in [1.29, 1.82) is 0 Å². The molecule has 21 nitrogen and oxygen atoms in total. The Hall–Kier alpha value is -2.88. The van der Waals surface area contributed by atoms with Crippen molar-refractivity contribution >= 4 is 32.5 Å². The maximum atomic E-state index is 13.4. The van der Waals surface area contributed by atoms with Crippen LogP contribution in [0.4, 0.5) is 0 Å². The van der Waals surface area contributed by atoms with E-state index < -0.39 is 88.4 Å². The number of primary amides is 1. The van der Waals surface area contributed by atoms with E-state index >= 15 is 0 Å². The van der Waals surface area contributed by atoms with Gasteiger partial charge in [0.05, 0.1) is 19.3 Å². The summed E-state index contributed by atoms with van der Waals surface area (Å²) in [4.78, 5) is 64.6. The normalized spacial score (nSPS) is 33.0. The number of hydrogen-bond donors (Lipinski definition) is 9. The summed E-state index contributed by atoms with van der Waals surface area (Å²) in [5, 5.41) is 42.4. The molecule has 10 atom stereocenters. The number of fused-ring (bicyclic) bond motifs is 1. The van der Waals surface area contributed by atoms with Crippen LogP contribution in [0.2, 0.25) is 0 Å². The predicted octanol–water partition coefficient (Wildman–Crippen LogP) is -3.59. The topological polar surface area (TPSA) is 323 Å². The fraction of sp³-hybridized carbons (Fsp3) is 0.524. The average molecular weight is 666 g/mol. The summed E-state index contributed by atoms with van der Waals surface area (Å²) in [7, 11) is -11.0. The quantitative estimate of drug-likeness (QED) is 0.111. The van der Waals surface area contributed by atoms with Crippen LogP contribution in [0.15, 0.2) is 41.5 Å². The highest BCUT2D eigenvalue weighted by Gasteiger charge is 2.56. The number of phosphoric ester groups is 1. The molecular formula is C21H28N6O15P2. The zero-order chi connectivity index (χ0) is 32.1. The first-order valence-corrected chi connectivity index (χ1v) is 15.9. The van der Waals surface area contributed by atoms with Crippen LogP contribution in [-0.4, -0.2) is 121 Å². The molecule has 23 heteroatoms. The first-order valence-electron chi connectivity index (χ1n) is 12.7. The lowest BCUT2D eigenvalue weighted by atomic mass is 10.1. The van der Waals surface area contributed by atoms with Crippen LogP contribution < -0.4 is 11.3 Å². The third-order valence-electron chi connectivity index (χ3n) is 7.05. The number of allylic oxidation sites excluding steroid dienone is 1. The molecule has 2 aromatic heterocycles. The number of aliphatic hydroxyl groups is 4. The summed E-state index contributed by atoms with van der Waals surface area (Å²) in [5.41, 5.74) is 4.49. The fourth-order valence-corrected chi connectivity index (χ4v) is 7.28. The van der Waals surface area contributed by atoms with E-state index in [1.807, 2.05) is 0 Å². The maximum Gasteiger partial charge on any atom is 0.470 e. The third-order valence-corrected chi connectivity index (χ3v) is 9.28. The number of rotatable bonds is 10. The standard InChI is InChI=1S/C21H28N6O15P2/c22-16(32)8-2-1-3-26(4-8)19-13(30)11(28)9(40-19)5-39-43(34,35)21(42-44(36,37)38)15-12(29)14(31)20(41-15)27-7-25-10-17(27)23-6-24-18(10)33/h1,3-4,6-7,9,11-15,19-21,28-31H,2,5H2,(H2,22,32)(H,34,35)(H,23,24,33)(H2,36,37,38)/t9-,11-,12+,13-,14-,15-,19-,20-,21?/m1/s1. The number of H-pyrrole nitrogens is 1. The molecule has 2 fully saturated rings. The molecule has 5 heterocycles. The lowest BCUT2D eigenvalue weighted by Crippen LogP contribution is -2.41. The molecule has 0 saturated carbocycles. The summed E-state index contributed by atoms with van der Waals surface area (Å²) in [5.74, 6) is -3.37. The number of aromatic amines is 1. The highest BCUT2D eigenvalue weighted by molar-refractivity contribution is 7.54. The molecule has 2 saturated heterocycles. The van der Waals surface area contributed by atoms with Crippen LogP contribution in [0.1, 0.15) is 12.6 Å². The number of aromatic nitrogens is 4. The van der Waals surface area contributed by atoms with Gasteiger partial charge in [0.2, 0.25) is 5.91 Å². The van der Waals surface area contributed by atoms with E-state index in [1.165, 1.54) is 23.4 Å². The third kappa shape index (κ3) is 6.28.